The third-order valence-corrected chi connectivity index (χ3v) is 5.51. The zero-order valence-corrected chi connectivity index (χ0v) is 13.9. The van der Waals surface area contributed by atoms with E-state index in [1.165, 1.54) is 11.3 Å². The number of thiophene rings is 1. The zero-order valence-electron chi connectivity index (χ0n) is 12.3. The summed E-state index contributed by atoms with van der Waals surface area (Å²) in [6.45, 7) is 1.34. The van der Waals surface area contributed by atoms with Crippen LogP contribution in [-0.4, -0.2) is 30.1 Å². The number of nitrogens with zero attached hydrogens (tertiary/aromatic N) is 1. The number of aromatic nitrogens is 1. The van der Waals surface area contributed by atoms with Crippen molar-refractivity contribution in [2.45, 2.75) is 18.9 Å². The van der Waals surface area contributed by atoms with E-state index < -0.39 is 0 Å². The molecule has 2 aromatic heterocycles. The summed E-state index contributed by atoms with van der Waals surface area (Å²) in [5, 5.41) is 5.24. The number of pyridine rings is 1. The van der Waals surface area contributed by atoms with Gasteiger partial charge in [-0.15, -0.1) is 11.3 Å². The minimum Gasteiger partial charge on any atom is -0.376 e. The van der Waals surface area contributed by atoms with Gasteiger partial charge in [0.1, 0.15) is 5.15 Å². The maximum atomic E-state index is 12.4. The van der Waals surface area contributed by atoms with Crippen molar-refractivity contribution in [3.8, 4) is 0 Å². The Kier molecular flexibility index (Phi) is 3.93. The van der Waals surface area contributed by atoms with Gasteiger partial charge in [-0.05, 0) is 25.0 Å². The highest BCUT2D eigenvalue weighted by molar-refractivity contribution is 7.21. The van der Waals surface area contributed by atoms with Crippen molar-refractivity contribution in [1.82, 2.24) is 10.3 Å². The summed E-state index contributed by atoms with van der Waals surface area (Å²) in [6.07, 6.45) is 2.21. The minimum absolute atomic E-state index is 0.0816. The van der Waals surface area contributed by atoms with E-state index in [0.717, 1.165) is 40.4 Å². The molecule has 6 heteroatoms. The van der Waals surface area contributed by atoms with Crippen LogP contribution in [0, 0.1) is 0 Å². The molecule has 0 bridgehead atoms. The standard InChI is InChI=1S/C17H15ClN2O2S/c18-16-12-8-14(17(21)19-9-10-4-3-7-22-10)23-15(12)11-5-1-2-6-13(11)20-16/h1-2,5-6,8,10H,3-4,7,9H2,(H,19,21). The summed E-state index contributed by atoms with van der Waals surface area (Å²) in [7, 11) is 0. The van der Waals surface area contributed by atoms with Crippen molar-refractivity contribution >= 4 is 49.8 Å². The molecule has 1 aliphatic heterocycles. The number of carbonyl (C=O) groups excluding carboxylic acids is 1. The van der Waals surface area contributed by atoms with Crippen molar-refractivity contribution in [1.29, 1.82) is 0 Å². The molecular formula is C17H15ClN2O2S. The predicted octanol–water partition coefficient (Wildman–Crippen LogP) is 4.01. The Morgan fingerprint density at radius 1 is 1.39 bits per heavy atom. The van der Waals surface area contributed by atoms with Gasteiger partial charge in [0.15, 0.2) is 0 Å². The number of rotatable bonds is 3. The van der Waals surface area contributed by atoms with Crippen LogP contribution in [0.25, 0.3) is 21.0 Å². The van der Waals surface area contributed by atoms with E-state index >= 15 is 0 Å². The molecule has 1 fully saturated rings. The lowest BCUT2D eigenvalue weighted by Crippen LogP contribution is -2.31. The van der Waals surface area contributed by atoms with E-state index in [-0.39, 0.29) is 12.0 Å². The molecule has 4 rings (SSSR count). The molecule has 23 heavy (non-hydrogen) atoms. The van der Waals surface area contributed by atoms with Crippen LogP contribution < -0.4 is 5.32 Å². The van der Waals surface area contributed by atoms with E-state index in [0.29, 0.717) is 16.6 Å². The average Bonchev–Trinajstić information content (AvgIpc) is 3.23. The molecule has 1 aliphatic rings. The van der Waals surface area contributed by atoms with Crippen LogP contribution in [0.15, 0.2) is 30.3 Å². The summed E-state index contributed by atoms with van der Waals surface area (Å²) < 4.78 is 6.54. The van der Waals surface area contributed by atoms with Crippen LogP contribution in [0.1, 0.15) is 22.5 Å². The fraction of sp³-hybridized carbons (Fsp3) is 0.294. The van der Waals surface area contributed by atoms with Gasteiger partial charge < -0.3 is 10.1 Å². The molecule has 1 N–H and O–H groups in total. The van der Waals surface area contributed by atoms with E-state index in [9.17, 15) is 4.79 Å². The lowest BCUT2D eigenvalue weighted by atomic mass is 10.2. The molecule has 3 heterocycles. The first kappa shape index (κ1) is 14.9. The molecule has 1 aromatic carbocycles. The van der Waals surface area contributed by atoms with Crippen LogP contribution in [-0.2, 0) is 4.74 Å². The number of hydrogen-bond acceptors (Lipinski definition) is 4. The zero-order chi connectivity index (χ0) is 15.8. The van der Waals surface area contributed by atoms with E-state index in [1.54, 1.807) is 0 Å². The number of para-hydroxylation sites is 1. The predicted molar refractivity (Wildman–Crippen MR) is 93.4 cm³/mol. The Hall–Kier alpha value is -1.69. The molecule has 1 atom stereocenters. The Labute approximate surface area is 142 Å². The molecule has 1 saturated heterocycles. The third kappa shape index (κ3) is 2.80. The molecule has 118 valence electrons. The second-order valence-electron chi connectivity index (χ2n) is 5.62. The highest BCUT2D eigenvalue weighted by Gasteiger charge is 2.19. The number of nitrogens with one attached hydrogen (secondary N) is 1. The number of carbonyl (C=O) groups is 1. The lowest BCUT2D eigenvalue weighted by molar-refractivity contribution is 0.0861. The van der Waals surface area contributed by atoms with Crippen molar-refractivity contribution in [3.05, 3.63) is 40.4 Å². The number of halogens is 1. The van der Waals surface area contributed by atoms with Crippen LogP contribution in [0.3, 0.4) is 0 Å². The molecule has 1 amide bonds. The molecule has 4 nitrogen and oxygen atoms in total. The monoisotopic (exact) mass is 346 g/mol. The van der Waals surface area contributed by atoms with Gasteiger partial charge >= 0.3 is 0 Å². The Morgan fingerprint density at radius 2 is 2.26 bits per heavy atom. The first-order chi connectivity index (χ1) is 11.2. The average molecular weight is 347 g/mol. The van der Waals surface area contributed by atoms with E-state index in [2.05, 4.69) is 10.3 Å². The van der Waals surface area contributed by atoms with Gasteiger partial charge in [0.2, 0.25) is 0 Å². The fourth-order valence-corrected chi connectivity index (χ4v) is 4.29. The van der Waals surface area contributed by atoms with Gasteiger partial charge in [0.25, 0.3) is 5.91 Å². The van der Waals surface area contributed by atoms with Crippen molar-refractivity contribution in [2.75, 3.05) is 13.2 Å². The van der Waals surface area contributed by atoms with Gasteiger partial charge in [-0.2, -0.15) is 0 Å². The summed E-state index contributed by atoms with van der Waals surface area (Å²) in [4.78, 5) is 17.5. The first-order valence-corrected chi connectivity index (χ1v) is 8.79. The smallest absolute Gasteiger partial charge is 0.261 e. The van der Waals surface area contributed by atoms with Crippen LogP contribution in [0.4, 0.5) is 0 Å². The first-order valence-electron chi connectivity index (χ1n) is 7.60. The number of hydrogen-bond donors (Lipinski definition) is 1. The van der Waals surface area contributed by atoms with E-state index in [4.69, 9.17) is 16.3 Å². The second-order valence-corrected chi connectivity index (χ2v) is 7.03. The summed E-state index contributed by atoms with van der Waals surface area (Å²) >= 11 is 7.73. The normalized spacial score (nSPS) is 17.9. The van der Waals surface area contributed by atoms with Crippen molar-refractivity contribution in [3.63, 3.8) is 0 Å². The topological polar surface area (TPSA) is 51.2 Å². The van der Waals surface area contributed by atoms with Crippen molar-refractivity contribution < 1.29 is 9.53 Å². The largest absolute Gasteiger partial charge is 0.376 e. The number of amides is 1. The maximum Gasteiger partial charge on any atom is 0.261 e. The maximum absolute atomic E-state index is 12.4. The lowest BCUT2D eigenvalue weighted by Gasteiger charge is -2.09. The molecule has 0 spiro atoms. The quantitative estimate of drug-likeness (QED) is 0.729. The number of ether oxygens (including phenoxy) is 1. The minimum atomic E-state index is -0.0816. The van der Waals surface area contributed by atoms with Gasteiger partial charge in [-0.3, -0.25) is 4.79 Å². The molecular weight excluding hydrogens is 332 g/mol. The van der Waals surface area contributed by atoms with Crippen LogP contribution in [0.5, 0.6) is 0 Å². The van der Waals surface area contributed by atoms with Gasteiger partial charge in [-0.25, -0.2) is 4.98 Å². The molecule has 3 aromatic rings. The molecule has 0 radical (unpaired) electrons. The van der Waals surface area contributed by atoms with Gasteiger partial charge in [0.05, 0.1) is 16.5 Å². The summed E-state index contributed by atoms with van der Waals surface area (Å²) in [6, 6.07) is 9.66. The third-order valence-electron chi connectivity index (χ3n) is 4.06. The fourth-order valence-electron chi connectivity index (χ4n) is 2.88. The summed E-state index contributed by atoms with van der Waals surface area (Å²) in [5.74, 6) is -0.0816. The number of fused-ring (bicyclic) bond motifs is 3. The molecule has 0 saturated carbocycles. The van der Waals surface area contributed by atoms with Crippen LogP contribution in [0.2, 0.25) is 5.15 Å². The van der Waals surface area contributed by atoms with Crippen LogP contribution >= 0.6 is 22.9 Å². The van der Waals surface area contributed by atoms with Gasteiger partial charge in [0, 0.05) is 28.6 Å². The Balaban J connectivity index is 1.66. The van der Waals surface area contributed by atoms with Gasteiger partial charge in [-0.1, -0.05) is 29.8 Å². The Bertz CT molecular complexity index is 887. The van der Waals surface area contributed by atoms with Crippen molar-refractivity contribution in [2.24, 2.45) is 0 Å². The highest BCUT2D eigenvalue weighted by atomic mass is 35.5. The van der Waals surface area contributed by atoms with E-state index in [1.807, 2.05) is 30.3 Å². The number of benzene rings is 1. The Morgan fingerprint density at radius 3 is 3.09 bits per heavy atom. The second kappa shape index (κ2) is 6.07. The highest BCUT2D eigenvalue weighted by Crippen LogP contribution is 2.35. The summed E-state index contributed by atoms with van der Waals surface area (Å²) in [5.41, 5.74) is 0.846. The SMILES string of the molecule is O=C(NCC1CCCO1)c1cc2c(Cl)nc3ccccc3c2s1. The molecule has 1 unspecified atom stereocenters. The molecule has 0 aliphatic carbocycles.